The van der Waals surface area contributed by atoms with E-state index < -0.39 is 4.92 Å². The number of hydrogen-bond donors (Lipinski definition) is 3. The lowest BCUT2D eigenvalue weighted by molar-refractivity contribution is -0.383. The van der Waals surface area contributed by atoms with Crippen LogP contribution in [0.2, 0.25) is 0 Å². The van der Waals surface area contributed by atoms with Crippen LogP contribution >= 0.6 is 0 Å². The van der Waals surface area contributed by atoms with Crippen LogP contribution in [-0.2, 0) is 0 Å². The standard InChI is InChI=1S/C14H18N4O3/c15-13-11(2-1-3-12(13)18(20)21)14(19)17-10-6-8-4-5-9(7-10)16-8/h1-3,8-10,16H,4-7,15H2,(H,17,19). The molecular weight excluding hydrogens is 272 g/mol. The van der Waals surface area contributed by atoms with E-state index in [1.54, 1.807) is 0 Å². The maximum Gasteiger partial charge on any atom is 0.292 e. The van der Waals surface area contributed by atoms with Crippen molar-refractivity contribution >= 4 is 17.3 Å². The number of nitro groups is 1. The van der Waals surface area contributed by atoms with Crippen molar-refractivity contribution in [2.45, 2.75) is 43.8 Å². The van der Waals surface area contributed by atoms with Gasteiger partial charge in [0.15, 0.2) is 0 Å². The van der Waals surface area contributed by atoms with Crippen molar-refractivity contribution < 1.29 is 9.72 Å². The lowest BCUT2D eigenvalue weighted by Gasteiger charge is -2.29. The Labute approximate surface area is 122 Å². The summed E-state index contributed by atoms with van der Waals surface area (Å²) in [5.74, 6) is -0.331. The highest BCUT2D eigenvalue weighted by Crippen LogP contribution is 2.28. The Morgan fingerprint density at radius 1 is 1.33 bits per heavy atom. The van der Waals surface area contributed by atoms with Crippen molar-refractivity contribution in [3.8, 4) is 0 Å². The average molecular weight is 290 g/mol. The molecule has 7 nitrogen and oxygen atoms in total. The van der Waals surface area contributed by atoms with E-state index in [2.05, 4.69) is 10.6 Å². The van der Waals surface area contributed by atoms with E-state index >= 15 is 0 Å². The van der Waals surface area contributed by atoms with Crippen LogP contribution in [-0.4, -0.2) is 29.0 Å². The molecule has 2 atom stereocenters. The van der Waals surface area contributed by atoms with Gasteiger partial charge in [-0.15, -0.1) is 0 Å². The molecule has 3 rings (SSSR count). The maximum atomic E-state index is 12.3. The third-order valence-electron chi connectivity index (χ3n) is 4.33. The van der Waals surface area contributed by atoms with Crippen molar-refractivity contribution in [1.82, 2.24) is 10.6 Å². The first-order valence-corrected chi connectivity index (χ1v) is 7.14. The smallest absolute Gasteiger partial charge is 0.292 e. The Hall–Kier alpha value is -2.15. The lowest BCUT2D eigenvalue weighted by Crippen LogP contribution is -2.48. The molecule has 2 aliphatic rings. The fraction of sp³-hybridized carbons (Fsp3) is 0.500. The molecular formula is C14H18N4O3. The maximum absolute atomic E-state index is 12.3. The highest BCUT2D eigenvalue weighted by molar-refractivity contribution is 6.01. The molecule has 2 heterocycles. The molecule has 0 aliphatic carbocycles. The molecule has 7 heteroatoms. The number of carbonyl (C=O) groups is 1. The Morgan fingerprint density at radius 2 is 2.00 bits per heavy atom. The first kappa shape index (κ1) is 13.8. The van der Waals surface area contributed by atoms with Crippen LogP contribution in [0, 0.1) is 10.1 Å². The number of rotatable bonds is 3. The predicted octanol–water partition coefficient (Wildman–Crippen LogP) is 1.19. The summed E-state index contributed by atoms with van der Waals surface area (Å²) in [5, 5.41) is 17.3. The van der Waals surface area contributed by atoms with Gasteiger partial charge in [0.05, 0.1) is 10.5 Å². The first-order chi connectivity index (χ1) is 10.0. The molecule has 1 amide bonds. The van der Waals surface area contributed by atoms with Crippen LogP contribution in [0.1, 0.15) is 36.0 Å². The van der Waals surface area contributed by atoms with E-state index in [1.807, 2.05) is 0 Å². The third-order valence-corrected chi connectivity index (χ3v) is 4.33. The van der Waals surface area contributed by atoms with E-state index in [4.69, 9.17) is 5.73 Å². The topological polar surface area (TPSA) is 110 Å². The number of anilines is 1. The number of hydrogen-bond acceptors (Lipinski definition) is 5. The molecule has 2 saturated heterocycles. The summed E-state index contributed by atoms with van der Waals surface area (Å²) < 4.78 is 0. The fourth-order valence-electron chi connectivity index (χ4n) is 3.35. The van der Waals surface area contributed by atoms with E-state index in [0.717, 1.165) is 25.7 Å². The molecule has 4 N–H and O–H groups in total. The zero-order chi connectivity index (χ0) is 15.0. The second-order valence-electron chi connectivity index (χ2n) is 5.78. The molecule has 2 bridgehead atoms. The number of nitrogens with two attached hydrogens (primary N) is 1. The van der Waals surface area contributed by atoms with Crippen LogP contribution < -0.4 is 16.4 Å². The highest BCUT2D eigenvalue weighted by Gasteiger charge is 2.34. The van der Waals surface area contributed by atoms with Crippen molar-refractivity contribution in [3.05, 3.63) is 33.9 Å². The number of piperidine rings is 1. The molecule has 2 fully saturated rings. The van der Waals surface area contributed by atoms with E-state index in [0.29, 0.717) is 12.1 Å². The molecule has 0 spiro atoms. The summed E-state index contributed by atoms with van der Waals surface area (Å²) in [5.41, 5.74) is 5.62. The lowest BCUT2D eigenvalue weighted by atomic mass is 9.99. The largest absolute Gasteiger partial charge is 0.393 e. The summed E-state index contributed by atoms with van der Waals surface area (Å²) in [7, 11) is 0. The Bertz CT molecular complexity index is 578. The molecule has 21 heavy (non-hydrogen) atoms. The SMILES string of the molecule is Nc1c(C(=O)NC2CC3CCC(C2)N3)cccc1[N+](=O)[O-]. The number of amides is 1. The number of para-hydroxylation sites is 1. The highest BCUT2D eigenvalue weighted by atomic mass is 16.6. The Balaban J connectivity index is 1.74. The van der Waals surface area contributed by atoms with Gasteiger partial charge in [-0.05, 0) is 31.7 Å². The number of benzene rings is 1. The van der Waals surface area contributed by atoms with Gasteiger partial charge in [0.2, 0.25) is 0 Å². The summed E-state index contributed by atoms with van der Waals surface area (Å²) in [4.78, 5) is 22.6. The minimum Gasteiger partial charge on any atom is -0.393 e. The average Bonchev–Trinajstić information content (AvgIpc) is 2.77. The van der Waals surface area contributed by atoms with Crippen LogP contribution in [0.15, 0.2) is 18.2 Å². The molecule has 1 aromatic rings. The van der Waals surface area contributed by atoms with Gasteiger partial charge in [0.1, 0.15) is 5.69 Å². The van der Waals surface area contributed by atoms with Gasteiger partial charge in [0.25, 0.3) is 11.6 Å². The normalized spacial score (nSPS) is 27.3. The zero-order valence-corrected chi connectivity index (χ0v) is 11.5. The van der Waals surface area contributed by atoms with Crippen molar-refractivity contribution in [2.75, 3.05) is 5.73 Å². The number of nitrogens with one attached hydrogen (secondary N) is 2. The van der Waals surface area contributed by atoms with Crippen molar-refractivity contribution in [3.63, 3.8) is 0 Å². The van der Waals surface area contributed by atoms with Gasteiger partial charge in [-0.3, -0.25) is 14.9 Å². The van der Waals surface area contributed by atoms with Crippen molar-refractivity contribution in [1.29, 1.82) is 0 Å². The minimum atomic E-state index is -0.573. The molecule has 2 unspecified atom stereocenters. The van der Waals surface area contributed by atoms with Gasteiger partial charge in [-0.25, -0.2) is 0 Å². The summed E-state index contributed by atoms with van der Waals surface area (Å²) in [6.45, 7) is 0. The second kappa shape index (κ2) is 5.33. The summed E-state index contributed by atoms with van der Waals surface area (Å²) >= 11 is 0. The molecule has 0 saturated carbocycles. The Morgan fingerprint density at radius 3 is 2.62 bits per heavy atom. The first-order valence-electron chi connectivity index (χ1n) is 7.14. The van der Waals surface area contributed by atoms with E-state index in [1.165, 1.54) is 18.2 Å². The molecule has 2 aliphatic heterocycles. The van der Waals surface area contributed by atoms with Gasteiger partial charge < -0.3 is 16.4 Å². The number of nitrogens with zero attached hydrogens (tertiary/aromatic N) is 1. The van der Waals surface area contributed by atoms with Crippen LogP contribution in [0.5, 0.6) is 0 Å². The summed E-state index contributed by atoms with van der Waals surface area (Å²) in [6, 6.07) is 5.35. The van der Waals surface area contributed by atoms with Crippen molar-refractivity contribution in [2.24, 2.45) is 0 Å². The summed E-state index contributed by atoms with van der Waals surface area (Å²) in [6.07, 6.45) is 4.10. The number of nitrogen functional groups attached to an aromatic ring is 1. The minimum absolute atomic E-state index is 0.0723. The monoisotopic (exact) mass is 290 g/mol. The fourth-order valence-corrected chi connectivity index (χ4v) is 3.35. The zero-order valence-electron chi connectivity index (χ0n) is 11.5. The third kappa shape index (κ3) is 2.69. The molecule has 1 aromatic carbocycles. The van der Waals surface area contributed by atoms with Gasteiger partial charge in [-0.2, -0.15) is 0 Å². The number of carbonyl (C=O) groups excluding carboxylic acids is 1. The van der Waals surface area contributed by atoms with Crippen LogP contribution in [0.25, 0.3) is 0 Å². The van der Waals surface area contributed by atoms with Crippen LogP contribution in [0.3, 0.4) is 0 Å². The van der Waals surface area contributed by atoms with Gasteiger partial charge in [0, 0.05) is 24.2 Å². The number of fused-ring (bicyclic) bond motifs is 2. The predicted molar refractivity (Wildman–Crippen MR) is 77.9 cm³/mol. The van der Waals surface area contributed by atoms with Crippen LogP contribution in [0.4, 0.5) is 11.4 Å². The van der Waals surface area contributed by atoms with Gasteiger partial charge in [-0.1, -0.05) is 6.07 Å². The van der Waals surface area contributed by atoms with Gasteiger partial charge >= 0.3 is 0 Å². The van der Waals surface area contributed by atoms with E-state index in [-0.39, 0.29) is 28.9 Å². The molecule has 0 radical (unpaired) electrons. The second-order valence-corrected chi connectivity index (χ2v) is 5.78. The van der Waals surface area contributed by atoms with E-state index in [9.17, 15) is 14.9 Å². The Kier molecular flexibility index (Phi) is 3.50. The number of nitro benzene ring substituents is 1. The molecule has 112 valence electrons. The quantitative estimate of drug-likeness (QED) is 0.440. The molecule has 0 aromatic heterocycles.